The molecular weight excluding hydrogens is 334 g/mol. The molecule has 25 heavy (non-hydrogen) atoms. The van der Waals surface area contributed by atoms with Gasteiger partial charge < -0.3 is 4.74 Å². The second kappa shape index (κ2) is 8.38. The van der Waals surface area contributed by atoms with E-state index in [0.717, 1.165) is 30.9 Å². The number of benzene rings is 1. The van der Waals surface area contributed by atoms with Crippen molar-refractivity contribution < 1.29 is 9.53 Å². The largest absolute Gasteiger partial charge is 0.373 e. The molecule has 132 valence electrons. The Labute approximate surface area is 152 Å². The van der Waals surface area contributed by atoms with E-state index in [0.29, 0.717) is 5.13 Å². The summed E-state index contributed by atoms with van der Waals surface area (Å²) in [6.07, 6.45) is 3.80. The summed E-state index contributed by atoms with van der Waals surface area (Å²) in [6, 6.07) is 9.74. The van der Waals surface area contributed by atoms with Crippen LogP contribution in [-0.2, 0) is 16.1 Å². The molecule has 1 saturated heterocycles. The number of morpholine rings is 1. The fourth-order valence-electron chi connectivity index (χ4n) is 2.96. The fraction of sp³-hybridized carbons (Fsp3) is 0.368. The van der Waals surface area contributed by atoms with Crippen LogP contribution in [0.4, 0.5) is 5.13 Å². The Kier molecular flexibility index (Phi) is 5.96. The highest BCUT2D eigenvalue weighted by Crippen LogP contribution is 2.19. The number of carbonyl (C=O) groups excluding carboxylic acids is 1. The van der Waals surface area contributed by atoms with Crippen molar-refractivity contribution in [3.63, 3.8) is 0 Å². The van der Waals surface area contributed by atoms with Crippen LogP contribution in [0.3, 0.4) is 0 Å². The van der Waals surface area contributed by atoms with Gasteiger partial charge >= 0.3 is 0 Å². The van der Waals surface area contributed by atoms with Crippen LogP contribution in [0.5, 0.6) is 0 Å². The monoisotopic (exact) mass is 357 g/mol. The van der Waals surface area contributed by atoms with Crippen LogP contribution in [0.1, 0.15) is 25.1 Å². The van der Waals surface area contributed by atoms with Gasteiger partial charge in [-0.3, -0.25) is 15.0 Å². The van der Waals surface area contributed by atoms with Gasteiger partial charge in [-0.25, -0.2) is 4.98 Å². The van der Waals surface area contributed by atoms with Crippen LogP contribution in [0, 0.1) is 0 Å². The number of nitrogens with zero attached hydrogens (tertiary/aromatic N) is 2. The molecule has 1 fully saturated rings. The minimum Gasteiger partial charge on any atom is -0.373 e. The highest BCUT2D eigenvalue weighted by Gasteiger charge is 2.22. The van der Waals surface area contributed by atoms with Crippen LogP contribution in [0.15, 0.2) is 41.8 Å². The van der Waals surface area contributed by atoms with Crippen LogP contribution >= 0.6 is 11.3 Å². The Morgan fingerprint density at radius 1 is 1.32 bits per heavy atom. The quantitative estimate of drug-likeness (QED) is 0.833. The van der Waals surface area contributed by atoms with Gasteiger partial charge in [0.2, 0.25) is 5.91 Å². The molecule has 0 unspecified atom stereocenters. The van der Waals surface area contributed by atoms with Gasteiger partial charge in [-0.05, 0) is 25.5 Å². The number of carbonyl (C=O) groups is 1. The predicted octanol–water partition coefficient (Wildman–Crippen LogP) is 3.40. The van der Waals surface area contributed by atoms with Gasteiger partial charge in [-0.1, -0.05) is 30.3 Å². The molecule has 1 amide bonds. The number of ether oxygens (including phenoxy) is 1. The summed E-state index contributed by atoms with van der Waals surface area (Å²) in [5.74, 6) is -0.168. The minimum atomic E-state index is -0.168. The van der Waals surface area contributed by atoms with Crippen LogP contribution in [0.2, 0.25) is 0 Å². The number of rotatable bonds is 5. The Hall–Kier alpha value is -2.02. The zero-order valence-electron chi connectivity index (χ0n) is 14.5. The lowest BCUT2D eigenvalue weighted by Crippen LogP contribution is -2.44. The third-order valence-corrected chi connectivity index (χ3v) is 4.70. The average Bonchev–Trinajstić information content (AvgIpc) is 3.00. The van der Waals surface area contributed by atoms with Gasteiger partial charge in [0.25, 0.3) is 0 Å². The standard InChI is InChI=1S/C19H23N3O2S/c1-14-10-22(11-15(2)24-14)12-17-13-25-19(20-17)21-18(23)9-8-16-6-4-3-5-7-16/h3-9,13-15H,10-12H2,1-2H3,(H,20,21,23)/b9-8+/t14-,15+. The molecule has 1 N–H and O–H groups in total. The van der Waals surface area contributed by atoms with Crippen molar-refractivity contribution in [3.8, 4) is 0 Å². The topological polar surface area (TPSA) is 54.5 Å². The molecule has 3 rings (SSSR count). The highest BCUT2D eigenvalue weighted by molar-refractivity contribution is 7.13. The number of amides is 1. The number of nitrogens with one attached hydrogen (secondary N) is 1. The zero-order valence-corrected chi connectivity index (χ0v) is 15.3. The second-order valence-corrected chi connectivity index (χ2v) is 7.19. The molecule has 0 radical (unpaired) electrons. The van der Waals surface area contributed by atoms with Crippen molar-refractivity contribution in [3.05, 3.63) is 53.0 Å². The van der Waals surface area contributed by atoms with Crippen molar-refractivity contribution in [2.75, 3.05) is 18.4 Å². The average molecular weight is 357 g/mol. The molecule has 0 aliphatic carbocycles. The Bertz CT molecular complexity index is 719. The summed E-state index contributed by atoms with van der Waals surface area (Å²) in [5, 5.41) is 5.46. The predicted molar refractivity (Wildman–Crippen MR) is 102 cm³/mol. The number of anilines is 1. The summed E-state index contributed by atoms with van der Waals surface area (Å²) in [6.45, 7) is 6.78. The lowest BCUT2D eigenvalue weighted by Gasteiger charge is -2.34. The number of hydrogen-bond acceptors (Lipinski definition) is 5. The fourth-order valence-corrected chi connectivity index (χ4v) is 3.67. The molecule has 1 aliphatic heterocycles. The van der Waals surface area contributed by atoms with E-state index < -0.39 is 0 Å². The van der Waals surface area contributed by atoms with Gasteiger partial charge in [0, 0.05) is 31.1 Å². The number of hydrogen-bond donors (Lipinski definition) is 1. The first kappa shape index (κ1) is 17.8. The maximum atomic E-state index is 12.0. The normalized spacial score (nSPS) is 21.5. The van der Waals surface area contributed by atoms with Gasteiger partial charge in [0.05, 0.1) is 17.9 Å². The summed E-state index contributed by atoms with van der Waals surface area (Å²) in [4.78, 5) is 18.9. The lowest BCUT2D eigenvalue weighted by atomic mass is 10.2. The maximum absolute atomic E-state index is 12.0. The molecule has 0 spiro atoms. The minimum absolute atomic E-state index is 0.168. The Balaban J connectivity index is 1.53. The first-order valence-corrected chi connectivity index (χ1v) is 9.33. The summed E-state index contributed by atoms with van der Waals surface area (Å²) >= 11 is 1.45. The number of thiazole rings is 1. The van der Waals surface area contributed by atoms with E-state index in [1.54, 1.807) is 6.08 Å². The first-order valence-electron chi connectivity index (χ1n) is 8.45. The number of aromatic nitrogens is 1. The third kappa shape index (κ3) is 5.49. The van der Waals surface area contributed by atoms with Gasteiger partial charge in [-0.15, -0.1) is 11.3 Å². The maximum Gasteiger partial charge on any atom is 0.250 e. The van der Waals surface area contributed by atoms with Gasteiger partial charge in [-0.2, -0.15) is 0 Å². The van der Waals surface area contributed by atoms with Crippen LogP contribution < -0.4 is 5.32 Å². The molecule has 1 aromatic carbocycles. The van der Waals surface area contributed by atoms with Crippen molar-refractivity contribution in [1.29, 1.82) is 0 Å². The van der Waals surface area contributed by atoms with Crippen LogP contribution in [-0.4, -0.2) is 41.1 Å². The Morgan fingerprint density at radius 2 is 2.04 bits per heavy atom. The van der Waals surface area contributed by atoms with Crippen molar-refractivity contribution >= 4 is 28.5 Å². The molecule has 1 aliphatic rings. The summed E-state index contributed by atoms with van der Waals surface area (Å²) in [5.41, 5.74) is 1.97. The molecular formula is C19H23N3O2S. The molecule has 2 heterocycles. The van der Waals surface area contributed by atoms with E-state index in [4.69, 9.17) is 4.74 Å². The van der Waals surface area contributed by atoms with Crippen molar-refractivity contribution in [2.45, 2.75) is 32.6 Å². The highest BCUT2D eigenvalue weighted by atomic mass is 32.1. The lowest BCUT2D eigenvalue weighted by molar-refractivity contribution is -0.111. The third-order valence-electron chi connectivity index (χ3n) is 3.89. The second-order valence-electron chi connectivity index (χ2n) is 6.33. The van der Waals surface area contributed by atoms with Crippen molar-refractivity contribution in [2.24, 2.45) is 0 Å². The molecule has 6 heteroatoms. The van der Waals surface area contributed by atoms with Crippen LogP contribution in [0.25, 0.3) is 6.08 Å². The smallest absolute Gasteiger partial charge is 0.250 e. The summed E-state index contributed by atoms with van der Waals surface area (Å²) < 4.78 is 5.75. The van der Waals surface area contributed by atoms with E-state index in [1.807, 2.05) is 35.7 Å². The molecule has 0 saturated carbocycles. The molecule has 1 aromatic heterocycles. The molecule has 2 aromatic rings. The first-order chi connectivity index (χ1) is 12.1. The van der Waals surface area contributed by atoms with Crippen molar-refractivity contribution in [1.82, 2.24) is 9.88 Å². The SMILES string of the molecule is C[C@@H]1CN(Cc2csc(NC(=O)/C=C/c3ccccc3)n2)C[C@H](C)O1. The van der Waals surface area contributed by atoms with Gasteiger partial charge in [0.15, 0.2) is 5.13 Å². The van der Waals surface area contributed by atoms with Gasteiger partial charge in [0.1, 0.15) is 0 Å². The Morgan fingerprint density at radius 3 is 2.76 bits per heavy atom. The molecule has 0 bridgehead atoms. The van der Waals surface area contributed by atoms with E-state index in [1.165, 1.54) is 17.4 Å². The zero-order chi connectivity index (χ0) is 17.6. The van der Waals surface area contributed by atoms with E-state index >= 15 is 0 Å². The van der Waals surface area contributed by atoms with E-state index in [2.05, 4.69) is 29.0 Å². The molecule has 2 atom stereocenters. The van der Waals surface area contributed by atoms with E-state index in [-0.39, 0.29) is 18.1 Å². The molecule has 5 nitrogen and oxygen atoms in total. The summed E-state index contributed by atoms with van der Waals surface area (Å²) in [7, 11) is 0. The van der Waals surface area contributed by atoms with E-state index in [9.17, 15) is 4.79 Å².